The Labute approximate surface area is 156 Å². The number of benzene rings is 2. The molecule has 2 amide bonds. The first-order valence-corrected chi connectivity index (χ1v) is 8.77. The fraction of sp³-hybridized carbons (Fsp3) is 0.263. The number of aryl methyl sites for hydroxylation is 1. The fourth-order valence-electron chi connectivity index (χ4n) is 2.67. The molecule has 0 bridgehead atoms. The lowest BCUT2D eigenvalue weighted by Crippen LogP contribution is -2.39. The van der Waals surface area contributed by atoms with Gasteiger partial charge in [-0.25, -0.2) is 0 Å². The SMILES string of the molecule is Cc1ccccc1CNC(=O)C1(C(=O)Nc2ccc(Cl)cc2Cl)CC1. The standard InChI is InChI=1S/C19H18Cl2N2O2/c1-12-4-2-3-5-13(12)11-22-17(24)19(8-9-19)18(25)23-16-7-6-14(20)10-15(16)21/h2-7,10H,8-9,11H2,1H3,(H,22,24)(H,23,25). The quantitative estimate of drug-likeness (QED) is 0.762. The molecule has 1 aliphatic carbocycles. The monoisotopic (exact) mass is 376 g/mol. The average Bonchev–Trinajstić information content (AvgIpc) is 3.38. The van der Waals surface area contributed by atoms with E-state index in [-0.39, 0.29) is 11.8 Å². The number of carbonyl (C=O) groups is 2. The van der Waals surface area contributed by atoms with Gasteiger partial charge in [-0.1, -0.05) is 47.5 Å². The molecule has 2 aromatic rings. The van der Waals surface area contributed by atoms with Crippen LogP contribution in [-0.4, -0.2) is 11.8 Å². The van der Waals surface area contributed by atoms with Crippen molar-refractivity contribution in [1.82, 2.24) is 5.32 Å². The van der Waals surface area contributed by atoms with E-state index in [1.54, 1.807) is 18.2 Å². The summed E-state index contributed by atoms with van der Waals surface area (Å²) in [5, 5.41) is 6.45. The third-order valence-electron chi connectivity index (χ3n) is 4.50. The van der Waals surface area contributed by atoms with Crippen LogP contribution in [0.5, 0.6) is 0 Å². The first kappa shape index (κ1) is 17.8. The number of hydrogen-bond donors (Lipinski definition) is 2. The largest absolute Gasteiger partial charge is 0.351 e. The van der Waals surface area contributed by atoms with Crippen LogP contribution in [0, 0.1) is 12.3 Å². The van der Waals surface area contributed by atoms with Gasteiger partial charge in [0.1, 0.15) is 5.41 Å². The maximum atomic E-state index is 12.6. The summed E-state index contributed by atoms with van der Waals surface area (Å²) in [7, 11) is 0. The topological polar surface area (TPSA) is 58.2 Å². The highest BCUT2D eigenvalue weighted by Gasteiger charge is 2.56. The van der Waals surface area contributed by atoms with Crippen LogP contribution in [0.4, 0.5) is 5.69 Å². The smallest absolute Gasteiger partial charge is 0.240 e. The van der Waals surface area contributed by atoms with Crippen molar-refractivity contribution in [2.45, 2.75) is 26.3 Å². The van der Waals surface area contributed by atoms with Crippen molar-refractivity contribution < 1.29 is 9.59 Å². The summed E-state index contributed by atoms with van der Waals surface area (Å²) in [5.41, 5.74) is 1.58. The van der Waals surface area contributed by atoms with E-state index in [2.05, 4.69) is 10.6 Å². The Kier molecular flexibility index (Phi) is 5.02. The summed E-state index contributed by atoms with van der Waals surface area (Å²) in [6.45, 7) is 2.39. The molecule has 0 unspecified atom stereocenters. The van der Waals surface area contributed by atoms with Gasteiger partial charge in [-0.15, -0.1) is 0 Å². The second kappa shape index (κ2) is 7.06. The lowest BCUT2D eigenvalue weighted by molar-refractivity contribution is -0.134. The summed E-state index contributed by atoms with van der Waals surface area (Å²) in [6.07, 6.45) is 1.06. The van der Waals surface area contributed by atoms with Crippen molar-refractivity contribution in [1.29, 1.82) is 0 Å². The molecule has 25 heavy (non-hydrogen) atoms. The molecule has 0 aliphatic heterocycles. The number of amides is 2. The second-order valence-corrected chi connectivity index (χ2v) is 7.11. The Hall–Kier alpha value is -2.04. The van der Waals surface area contributed by atoms with Gasteiger partial charge in [-0.3, -0.25) is 9.59 Å². The minimum atomic E-state index is -1.01. The van der Waals surface area contributed by atoms with Crippen LogP contribution in [-0.2, 0) is 16.1 Å². The Bertz CT molecular complexity index is 832. The summed E-state index contributed by atoms with van der Waals surface area (Å²) in [4.78, 5) is 25.1. The highest BCUT2D eigenvalue weighted by atomic mass is 35.5. The zero-order valence-electron chi connectivity index (χ0n) is 13.7. The molecule has 0 spiro atoms. The van der Waals surface area contributed by atoms with Crippen molar-refractivity contribution in [3.05, 3.63) is 63.6 Å². The maximum Gasteiger partial charge on any atom is 0.240 e. The van der Waals surface area contributed by atoms with Crippen LogP contribution in [0.15, 0.2) is 42.5 Å². The predicted molar refractivity (Wildman–Crippen MR) is 99.8 cm³/mol. The van der Waals surface area contributed by atoms with Gasteiger partial charge < -0.3 is 10.6 Å². The fourth-order valence-corrected chi connectivity index (χ4v) is 3.12. The molecule has 2 N–H and O–H groups in total. The summed E-state index contributed by atoms with van der Waals surface area (Å²) < 4.78 is 0. The van der Waals surface area contributed by atoms with E-state index in [1.165, 1.54) is 0 Å². The van der Waals surface area contributed by atoms with Crippen molar-refractivity contribution >= 4 is 40.7 Å². The van der Waals surface area contributed by atoms with Crippen LogP contribution in [0.3, 0.4) is 0 Å². The third-order valence-corrected chi connectivity index (χ3v) is 5.05. The van der Waals surface area contributed by atoms with Crippen LogP contribution < -0.4 is 10.6 Å². The van der Waals surface area contributed by atoms with Crippen molar-refractivity contribution in [2.24, 2.45) is 5.41 Å². The van der Waals surface area contributed by atoms with Gasteiger partial charge in [0.25, 0.3) is 0 Å². The van der Waals surface area contributed by atoms with Crippen LogP contribution >= 0.6 is 23.2 Å². The molecular formula is C19H18Cl2N2O2. The second-order valence-electron chi connectivity index (χ2n) is 6.27. The summed E-state index contributed by atoms with van der Waals surface area (Å²) in [6, 6.07) is 12.6. The van der Waals surface area contributed by atoms with E-state index < -0.39 is 5.41 Å². The Morgan fingerprint density at radius 3 is 2.44 bits per heavy atom. The molecule has 130 valence electrons. The molecule has 0 atom stereocenters. The zero-order valence-corrected chi connectivity index (χ0v) is 15.2. The minimum absolute atomic E-state index is 0.252. The van der Waals surface area contributed by atoms with Gasteiger partial charge in [0.2, 0.25) is 11.8 Å². The molecule has 1 saturated carbocycles. The van der Waals surface area contributed by atoms with Crippen molar-refractivity contribution in [3.63, 3.8) is 0 Å². The highest BCUT2D eigenvalue weighted by molar-refractivity contribution is 6.36. The first-order valence-electron chi connectivity index (χ1n) is 8.02. The first-order chi connectivity index (χ1) is 11.9. The van der Waals surface area contributed by atoms with Gasteiger partial charge in [0, 0.05) is 11.6 Å². The molecule has 1 aliphatic rings. The molecule has 1 fully saturated rings. The molecule has 0 aromatic heterocycles. The average molecular weight is 377 g/mol. The van der Waals surface area contributed by atoms with E-state index in [4.69, 9.17) is 23.2 Å². The molecule has 4 nitrogen and oxygen atoms in total. The van der Waals surface area contributed by atoms with E-state index in [0.29, 0.717) is 35.1 Å². The van der Waals surface area contributed by atoms with Crippen LogP contribution in [0.2, 0.25) is 10.0 Å². The predicted octanol–water partition coefficient (Wildman–Crippen LogP) is 4.34. The molecule has 0 radical (unpaired) electrons. The van der Waals surface area contributed by atoms with E-state index in [1.807, 2.05) is 31.2 Å². The minimum Gasteiger partial charge on any atom is -0.351 e. The van der Waals surface area contributed by atoms with Gasteiger partial charge in [0.15, 0.2) is 0 Å². The maximum absolute atomic E-state index is 12.6. The number of carbonyl (C=O) groups excluding carboxylic acids is 2. The number of nitrogens with one attached hydrogen (secondary N) is 2. The van der Waals surface area contributed by atoms with Gasteiger partial charge in [-0.2, -0.15) is 0 Å². The number of anilines is 1. The van der Waals surface area contributed by atoms with Crippen LogP contribution in [0.1, 0.15) is 24.0 Å². The van der Waals surface area contributed by atoms with Crippen LogP contribution in [0.25, 0.3) is 0 Å². The van der Waals surface area contributed by atoms with Gasteiger partial charge in [-0.05, 0) is 49.1 Å². The molecule has 2 aromatic carbocycles. The number of hydrogen-bond acceptors (Lipinski definition) is 2. The van der Waals surface area contributed by atoms with Crippen molar-refractivity contribution in [3.8, 4) is 0 Å². The third kappa shape index (κ3) is 3.80. The number of rotatable bonds is 5. The Balaban J connectivity index is 1.65. The normalized spacial score (nSPS) is 14.7. The Morgan fingerprint density at radius 1 is 1.08 bits per heavy atom. The molecular weight excluding hydrogens is 359 g/mol. The molecule has 6 heteroatoms. The molecule has 3 rings (SSSR count). The molecule has 0 saturated heterocycles. The van der Waals surface area contributed by atoms with E-state index in [9.17, 15) is 9.59 Å². The van der Waals surface area contributed by atoms with E-state index in [0.717, 1.165) is 11.1 Å². The van der Waals surface area contributed by atoms with E-state index >= 15 is 0 Å². The lowest BCUT2D eigenvalue weighted by atomic mass is 10.0. The highest BCUT2D eigenvalue weighted by Crippen LogP contribution is 2.47. The van der Waals surface area contributed by atoms with Crippen molar-refractivity contribution in [2.75, 3.05) is 5.32 Å². The molecule has 0 heterocycles. The van der Waals surface area contributed by atoms with Gasteiger partial charge >= 0.3 is 0 Å². The lowest BCUT2D eigenvalue weighted by Gasteiger charge is -2.16. The number of halogens is 2. The zero-order chi connectivity index (χ0) is 18.0. The summed E-state index contributed by atoms with van der Waals surface area (Å²) >= 11 is 11.9. The van der Waals surface area contributed by atoms with Gasteiger partial charge in [0.05, 0.1) is 10.7 Å². The summed E-state index contributed by atoms with van der Waals surface area (Å²) in [5.74, 6) is -0.586. The Morgan fingerprint density at radius 2 is 1.80 bits per heavy atom.